The van der Waals surface area contributed by atoms with E-state index in [-0.39, 0.29) is 0 Å². The van der Waals surface area contributed by atoms with E-state index in [9.17, 15) is 0 Å². The lowest BCUT2D eigenvalue weighted by atomic mass is 10.2. The van der Waals surface area contributed by atoms with Gasteiger partial charge in [0, 0.05) is 0 Å². The molecular formula is C15H13N3O. The molecule has 0 amide bonds. The first-order valence-electron chi connectivity index (χ1n) is 5.98. The van der Waals surface area contributed by atoms with Crippen LogP contribution in [0.1, 0.15) is 5.56 Å². The molecule has 4 heteroatoms. The van der Waals surface area contributed by atoms with Crippen LogP contribution in [0.15, 0.2) is 48.8 Å². The summed E-state index contributed by atoms with van der Waals surface area (Å²) < 4.78 is 5.83. The minimum atomic E-state index is 0.517. The van der Waals surface area contributed by atoms with E-state index in [4.69, 9.17) is 10.5 Å². The molecular weight excluding hydrogens is 238 g/mol. The molecule has 0 radical (unpaired) electrons. The molecule has 3 aromatic rings. The van der Waals surface area contributed by atoms with E-state index < -0.39 is 0 Å². The molecule has 0 unspecified atom stereocenters. The third-order valence-electron chi connectivity index (χ3n) is 2.88. The topological polar surface area (TPSA) is 61.0 Å². The average Bonchev–Trinajstić information content (AvgIpc) is 2.43. The summed E-state index contributed by atoms with van der Waals surface area (Å²) in [5, 5.41) is 0.867. The van der Waals surface area contributed by atoms with Gasteiger partial charge in [-0.15, -0.1) is 0 Å². The van der Waals surface area contributed by atoms with Crippen molar-refractivity contribution < 1.29 is 4.74 Å². The molecule has 0 atom stereocenters. The first kappa shape index (κ1) is 11.5. The van der Waals surface area contributed by atoms with E-state index in [0.717, 1.165) is 16.5 Å². The van der Waals surface area contributed by atoms with Gasteiger partial charge in [0.05, 0.1) is 16.6 Å². The molecule has 94 valence electrons. The van der Waals surface area contributed by atoms with Crippen LogP contribution in [0.3, 0.4) is 0 Å². The zero-order chi connectivity index (χ0) is 13.2. The van der Waals surface area contributed by atoms with Crippen LogP contribution in [0.5, 0.6) is 11.6 Å². The highest BCUT2D eigenvalue weighted by atomic mass is 16.5. The molecule has 19 heavy (non-hydrogen) atoms. The van der Waals surface area contributed by atoms with Gasteiger partial charge in [-0.3, -0.25) is 0 Å². The van der Waals surface area contributed by atoms with Crippen molar-refractivity contribution >= 4 is 16.6 Å². The molecule has 4 nitrogen and oxygen atoms in total. The predicted octanol–water partition coefficient (Wildman–Crippen LogP) is 3.31. The lowest BCUT2D eigenvalue weighted by Crippen LogP contribution is -1.95. The number of para-hydroxylation sites is 1. The molecule has 0 spiro atoms. The number of nitrogen functional groups attached to an aromatic ring is 1. The van der Waals surface area contributed by atoms with Gasteiger partial charge < -0.3 is 10.5 Å². The Bertz CT molecular complexity index is 735. The molecule has 1 aromatic heterocycles. The van der Waals surface area contributed by atoms with Gasteiger partial charge in [0.1, 0.15) is 6.33 Å². The van der Waals surface area contributed by atoms with Crippen LogP contribution < -0.4 is 10.5 Å². The number of aromatic nitrogens is 2. The van der Waals surface area contributed by atoms with Crippen LogP contribution in [-0.2, 0) is 0 Å². The Balaban J connectivity index is 2.08. The zero-order valence-corrected chi connectivity index (χ0v) is 10.5. The van der Waals surface area contributed by atoms with Gasteiger partial charge in [-0.05, 0) is 36.8 Å². The fourth-order valence-electron chi connectivity index (χ4n) is 1.90. The van der Waals surface area contributed by atoms with Crippen LogP contribution >= 0.6 is 0 Å². The lowest BCUT2D eigenvalue weighted by Gasteiger charge is -2.10. The maximum atomic E-state index is 5.91. The van der Waals surface area contributed by atoms with E-state index in [0.29, 0.717) is 17.3 Å². The molecule has 0 saturated heterocycles. The number of ether oxygens (including phenoxy) is 1. The van der Waals surface area contributed by atoms with Crippen LogP contribution in [-0.4, -0.2) is 9.97 Å². The summed E-state index contributed by atoms with van der Waals surface area (Å²) in [4.78, 5) is 8.39. The number of rotatable bonds is 2. The second-order valence-corrected chi connectivity index (χ2v) is 4.34. The van der Waals surface area contributed by atoms with Crippen LogP contribution in [0.4, 0.5) is 5.69 Å². The fraction of sp³-hybridized carbons (Fsp3) is 0.0667. The van der Waals surface area contributed by atoms with E-state index in [1.54, 1.807) is 0 Å². The summed E-state index contributed by atoms with van der Waals surface area (Å²) in [6.07, 6.45) is 1.49. The molecule has 0 fully saturated rings. The number of benzene rings is 2. The highest BCUT2D eigenvalue weighted by molar-refractivity contribution is 5.83. The SMILES string of the molecule is Cc1ccc(N)c(Oc2ncnc3ccccc23)c1. The van der Waals surface area contributed by atoms with Crippen molar-refractivity contribution in [1.82, 2.24) is 9.97 Å². The first-order valence-corrected chi connectivity index (χ1v) is 5.98. The van der Waals surface area contributed by atoms with Gasteiger partial charge in [0.25, 0.3) is 0 Å². The molecule has 3 rings (SSSR count). The Kier molecular flexibility index (Phi) is 2.76. The normalized spacial score (nSPS) is 10.6. The number of nitrogens with two attached hydrogens (primary N) is 1. The predicted molar refractivity (Wildman–Crippen MR) is 75.2 cm³/mol. The van der Waals surface area contributed by atoms with E-state index in [1.165, 1.54) is 6.33 Å². The van der Waals surface area contributed by atoms with Crippen molar-refractivity contribution in [3.8, 4) is 11.6 Å². The highest BCUT2D eigenvalue weighted by Crippen LogP contribution is 2.30. The number of hydrogen-bond acceptors (Lipinski definition) is 4. The first-order chi connectivity index (χ1) is 9.24. The molecule has 2 aromatic carbocycles. The van der Waals surface area contributed by atoms with Crippen molar-refractivity contribution in [1.29, 1.82) is 0 Å². The molecule has 0 bridgehead atoms. The standard InChI is InChI=1S/C15H13N3O/c1-10-6-7-12(16)14(8-10)19-15-11-4-2-3-5-13(11)17-9-18-15/h2-9H,16H2,1H3. The molecule has 0 aliphatic rings. The number of aryl methyl sites for hydroxylation is 1. The number of fused-ring (bicyclic) bond motifs is 1. The largest absolute Gasteiger partial charge is 0.436 e. The molecule has 0 aliphatic heterocycles. The maximum Gasteiger partial charge on any atom is 0.230 e. The minimum Gasteiger partial charge on any atom is -0.436 e. The monoisotopic (exact) mass is 251 g/mol. The second-order valence-electron chi connectivity index (χ2n) is 4.34. The average molecular weight is 251 g/mol. The summed E-state index contributed by atoms with van der Waals surface area (Å²) in [6.45, 7) is 1.99. The Hall–Kier alpha value is -2.62. The third kappa shape index (κ3) is 2.20. The van der Waals surface area contributed by atoms with Gasteiger partial charge in [-0.25, -0.2) is 9.97 Å². The van der Waals surface area contributed by atoms with Crippen LogP contribution in [0, 0.1) is 6.92 Å². The Labute approximate surface area is 110 Å². The third-order valence-corrected chi connectivity index (χ3v) is 2.88. The van der Waals surface area contributed by atoms with Gasteiger partial charge in [0.15, 0.2) is 5.75 Å². The van der Waals surface area contributed by atoms with E-state index >= 15 is 0 Å². The Morgan fingerprint density at radius 1 is 1.05 bits per heavy atom. The number of anilines is 1. The van der Waals surface area contributed by atoms with Gasteiger partial charge in [-0.2, -0.15) is 0 Å². The highest BCUT2D eigenvalue weighted by Gasteiger charge is 2.07. The maximum absolute atomic E-state index is 5.91. The van der Waals surface area contributed by atoms with Crippen molar-refractivity contribution in [3.63, 3.8) is 0 Å². The van der Waals surface area contributed by atoms with E-state index in [2.05, 4.69) is 9.97 Å². The van der Waals surface area contributed by atoms with Crippen molar-refractivity contribution in [2.45, 2.75) is 6.92 Å². The molecule has 0 saturated carbocycles. The van der Waals surface area contributed by atoms with Crippen LogP contribution in [0.25, 0.3) is 10.9 Å². The van der Waals surface area contributed by atoms with Crippen molar-refractivity contribution in [3.05, 3.63) is 54.4 Å². The smallest absolute Gasteiger partial charge is 0.230 e. The quantitative estimate of drug-likeness (QED) is 0.710. The summed E-state index contributed by atoms with van der Waals surface area (Å²) in [5.41, 5.74) is 8.44. The van der Waals surface area contributed by atoms with Crippen molar-refractivity contribution in [2.75, 3.05) is 5.73 Å². The Morgan fingerprint density at radius 2 is 1.89 bits per heavy atom. The van der Waals surface area contributed by atoms with Gasteiger partial charge >= 0.3 is 0 Å². The number of hydrogen-bond donors (Lipinski definition) is 1. The summed E-state index contributed by atoms with van der Waals surface area (Å²) in [6, 6.07) is 13.4. The lowest BCUT2D eigenvalue weighted by molar-refractivity contribution is 0.470. The second kappa shape index (κ2) is 4.57. The zero-order valence-electron chi connectivity index (χ0n) is 10.5. The number of nitrogens with zero attached hydrogens (tertiary/aromatic N) is 2. The molecule has 1 heterocycles. The Morgan fingerprint density at radius 3 is 2.79 bits per heavy atom. The van der Waals surface area contributed by atoms with Crippen molar-refractivity contribution in [2.24, 2.45) is 0 Å². The fourth-order valence-corrected chi connectivity index (χ4v) is 1.90. The van der Waals surface area contributed by atoms with E-state index in [1.807, 2.05) is 49.4 Å². The minimum absolute atomic E-state index is 0.517. The van der Waals surface area contributed by atoms with Gasteiger partial charge in [-0.1, -0.05) is 18.2 Å². The summed E-state index contributed by atoms with van der Waals surface area (Å²) in [5.74, 6) is 1.13. The summed E-state index contributed by atoms with van der Waals surface area (Å²) >= 11 is 0. The molecule has 0 aliphatic carbocycles. The summed E-state index contributed by atoms with van der Waals surface area (Å²) in [7, 11) is 0. The van der Waals surface area contributed by atoms with Gasteiger partial charge in [0.2, 0.25) is 5.88 Å². The molecule has 2 N–H and O–H groups in total. The van der Waals surface area contributed by atoms with Crippen LogP contribution in [0.2, 0.25) is 0 Å².